The van der Waals surface area contributed by atoms with E-state index in [0.717, 1.165) is 22.3 Å². The Kier molecular flexibility index (Phi) is 5.99. The van der Waals surface area contributed by atoms with Crippen molar-refractivity contribution in [3.63, 3.8) is 0 Å². The molecule has 2 rings (SSSR count). The third-order valence-electron chi connectivity index (χ3n) is 4.56. The van der Waals surface area contributed by atoms with Gasteiger partial charge in [0.1, 0.15) is 0 Å². The second-order valence-corrected chi connectivity index (χ2v) is 8.47. The zero-order chi connectivity index (χ0) is 18.8. The molecule has 0 aromatic heterocycles. The van der Waals surface area contributed by atoms with E-state index >= 15 is 0 Å². The molecule has 134 valence electrons. The molecule has 0 aliphatic carbocycles. The Bertz CT molecular complexity index is 827. The van der Waals surface area contributed by atoms with Crippen LogP contribution in [0, 0.1) is 27.7 Å². The molecule has 2 unspecified atom stereocenters. The van der Waals surface area contributed by atoms with Crippen LogP contribution in [-0.2, 0) is 13.8 Å². The minimum Gasteiger partial charge on any atom is -0.356 e. The highest BCUT2D eigenvalue weighted by Crippen LogP contribution is 2.51. The molecule has 0 heterocycles. The van der Waals surface area contributed by atoms with Crippen molar-refractivity contribution in [1.82, 2.24) is 0 Å². The maximum Gasteiger partial charge on any atom is 0.303 e. The van der Waals surface area contributed by atoms with Crippen molar-refractivity contribution >= 4 is 18.2 Å². The van der Waals surface area contributed by atoms with Gasteiger partial charge < -0.3 is 4.74 Å². The Morgan fingerprint density at radius 2 is 1.60 bits per heavy atom. The summed E-state index contributed by atoms with van der Waals surface area (Å²) in [5.41, 5.74) is 3.75. The second-order valence-electron chi connectivity index (χ2n) is 6.24. The lowest BCUT2D eigenvalue weighted by atomic mass is 9.95. The van der Waals surface area contributed by atoms with E-state index in [1.54, 1.807) is 31.2 Å². The molecule has 2 aromatic rings. The summed E-state index contributed by atoms with van der Waals surface area (Å²) in [6.45, 7) is 9.35. The summed E-state index contributed by atoms with van der Waals surface area (Å²) in [5.74, 6) is 0. The van der Waals surface area contributed by atoms with E-state index in [0.29, 0.717) is 10.9 Å². The van der Waals surface area contributed by atoms with Crippen molar-refractivity contribution in [3.8, 4) is 0 Å². The quantitative estimate of drug-likeness (QED) is 0.555. The first-order valence-corrected chi connectivity index (χ1v) is 9.84. The molecule has 0 aliphatic rings. The molecule has 0 N–H and O–H groups in total. The number of carbonyl (C=O) groups is 1. The average Bonchev–Trinajstić information content (AvgIpc) is 2.60. The van der Waals surface area contributed by atoms with Crippen LogP contribution in [0.5, 0.6) is 0 Å². The normalized spacial score (nSPS) is 14.8. The van der Waals surface area contributed by atoms with Gasteiger partial charge in [-0.2, -0.15) is 0 Å². The van der Waals surface area contributed by atoms with E-state index in [2.05, 4.69) is 0 Å². The van der Waals surface area contributed by atoms with Crippen molar-refractivity contribution in [2.75, 3.05) is 7.11 Å². The van der Waals surface area contributed by atoms with Crippen LogP contribution in [0.1, 0.15) is 39.5 Å². The zero-order valence-corrected chi connectivity index (χ0v) is 16.5. The average molecular weight is 360 g/mol. The standard InChI is InChI=1S/C20H25O4P/c1-13-12-14(2)19(16(4)15(13)3)20(21)25(22,24-17(5)23-6)18-10-8-7-9-11-18/h7-12,17H,1-6H3. The first-order chi connectivity index (χ1) is 11.7. The van der Waals surface area contributed by atoms with Crippen LogP contribution in [0.4, 0.5) is 0 Å². The molecule has 0 aliphatic heterocycles. The van der Waals surface area contributed by atoms with Crippen LogP contribution >= 0.6 is 7.37 Å². The molecular formula is C20H25O4P. The number of rotatable bonds is 6. The van der Waals surface area contributed by atoms with Crippen molar-refractivity contribution in [3.05, 3.63) is 64.2 Å². The number of carbonyl (C=O) groups excluding carboxylic acids is 1. The molecule has 0 saturated heterocycles. The summed E-state index contributed by atoms with van der Waals surface area (Å²) in [4.78, 5) is 13.4. The molecule has 4 nitrogen and oxygen atoms in total. The van der Waals surface area contributed by atoms with Crippen molar-refractivity contribution in [2.45, 2.75) is 40.9 Å². The van der Waals surface area contributed by atoms with E-state index in [4.69, 9.17) is 9.26 Å². The fourth-order valence-corrected chi connectivity index (χ4v) is 5.02. The number of methoxy groups -OCH3 is 1. The fraction of sp³-hybridized carbons (Fsp3) is 0.350. The summed E-state index contributed by atoms with van der Waals surface area (Å²) in [5, 5.41) is 0.376. The molecule has 5 heteroatoms. The molecule has 0 saturated carbocycles. The Labute approximate surface area is 149 Å². The number of hydrogen-bond donors (Lipinski definition) is 0. The van der Waals surface area contributed by atoms with Gasteiger partial charge in [0.2, 0.25) is 0 Å². The Hall–Kier alpha value is -1.74. The van der Waals surface area contributed by atoms with Gasteiger partial charge in [0, 0.05) is 18.0 Å². The van der Waals surface area contributed by atoms with Gasteiger partial charge in [-0.15, -0.1) is 0 Å². The van der Waals surface area contributed by atoms with Gasteiger partial charge in [-0.05, 0) is 69.0 Å². The van der Waals surface area contributed by atoms with Crippen LogP contribution in [0.25, 0.3) is 0 Å². The van der Waals surface area contributed by atoms with Crippen LogP contribution in [-0.4, -0.2) is 18.9 Å². The molecule has 2 aromatic carbocycles. The maximum absolute atomic E-state index is 13.7. The molecule has 0 amide bonds. The lowest BCUT2D eigenvalue weighted by Gasteiger charge is -2.23. The van der Waals surface area contributed by atoms with Crippen molar-refractivity contribution < 1.29 is 18.6 Å². The van der Waals surface area contributed by atoms with Gasteiger partial charge >= 0.3 is 7.37 Å². The van der Waals surface area contributed by atoms with E-state index in [1.807, 2.05) is 39.8 Å². The molecule has 0 bridgehead atoms. The summed E-state index contributed by atoms with van der Waals surface area (Å²) in [6, 6.07) is 10.6. The third-order valence-corrected chi connectivity index (χ3v) is 6.89. The third kappa shape index (κ3) is 3.77. The van der Waals surface area contributed by atoms with Gasteiger partial charge in [0.15, 0.2) is 6.29 Å². The van der Waals surface area contributed by atoms with Crippen LogP contribution in [0.15, 0.2) is 36.4 Å². The van der Waals surface area contributed by atoms with Gasteiger partial charge in [-0.25, -0.2) is 0 Å². The fourth-order valence-electron chi connectivity index (χ4n) is 2.86. The van der Waals surface area contributed by atoms with E-state index in [9.17, 15) is 9.36 Å². The molecule has 2 atom stereocenters. The molecule has 0 radical (unpaired) electrons. The topological polar surface area (TPSA) is 52.6 Å². The van der Waals surface area contributed by atoms with E-state index in [-0.39, 0.29) is 0 Å². The highest BCUT2D eigenvalue weighted by atomic mass is 31.2. The van der Waals surface area contributed by atoms with Crippen LogP contribution < -0.4 is 5.30 Å². The molecule has 0 fully saturated rings. The second kappa shape index (κ2) is 7.65. The number of benzene rings is 2. The summed E-state index contributed by atoms with van der Waals surface area (Å²) in [6.07, 6.45) is -0.762. The van der Waals surface area contributed by atoms with E-state index in [1.165, 1.54) is 7.11 Å². The number of aryl methyl sites for hydroxylation is 2. The van der Waals surface area contributed by atoms with Crippen LogP contribution in [0.2, 0.25) is 0 Å². The van der Waals surface area contributed by atoms with Crippen molar-refractivity contribution in [1.29, 1.82) is 0 Å². The summed E-state index contributed by atoms with van der Waals surface area (Å²) >= 11 is 0. The van der Waals surface area contributed by atoms with Gasteiger partial charge in [0.25, 0.3) is 5.52 Å². The summed E-state index contributed by atoms with van der Waals surface area (Å²) in [7, 11) is -2.35. The van der Waals surface area contributed by atoms with Gasteiger partial charge in [-0.3, -0.25) is 13.9 Å². The summed E-state index contributed by atoms with van der Waals surface area (Å²) < 4.78 is 24.5. The minimum atomic E-state index is -3.81. The van der Waals surface area contributed by atoms with Gasteiger partial charge in [0.05, 0.1) is 0 Å². The highest BCUT2D eigenvalue weighted by molar-refractivity contribution is 7.83. The SMILES string of the molecule is COC(C)OP(=O)(C(=O)c1c(C)cc(C)c(C)c1C)c1ccccc1. The van der Waals surface area contributed by atoms with Crippen LogP contribution in [0.3, 0.4) is 0 Å². The monoisotopic (exact) mass is 360 g/mol. The van der Waals surface area contributed by atoms with Crippen molar-refractivity contribution in [2.24, 2.45) is 0 Å². The predicted octanol–water partition coefficient (Wildman–Crippen LogP) is 4.67. The zero-order valence-electron chi connectivity index (χ0n) is 15.6. The smallest absolute Gasteiger partial charge is 0.303 e. The number of hydrogen-bond acceptors (Lipinski definition) is 4. The number of ether oxygens (including phenoxy) is 1. The Balaban J connectivity index is 2.66. The Morgan fingerprint density at radius 3 is 2.16 bits per heavy atom. The molecule has 0 spiro atoms. The lowest BCUT2D eigenvalue weighted by Crippen LogP contribution is -2.22. The first-order valence-electron chi connectivity index (χ1n) is 8.21. The van der Waals surface area contributed by atoms with Gasteiger partial charge in [-0.1, -0.05) is 24.3 Å². The Morgan fingerprint density at radius 1 is 1.00 bits per heavy atom. The lowest BCUT2D eigenvalue weighted by molar-refractivity contribution is -0.0346. The molecule has 25 heavy (non-hydrogen) atoms. The highest BCUT2D eigenvalue weighted by Gasteiger charge is 2.39. The van der Waals surface area contributed by atoms with E-state index < -0.39 is 19.2 Å². The maximum atomic E-state index is 13.7. The minimum absolute atomic E-state index is 0.376. The predicted molar refractivity (Wildman–Crippen MR) is 101 cm³/mol. The molecular weight excluding hydrogens is 335 g/mol. The largest absolute Gasteiger partial charge is 0.356 e. The first kappa shape index (κ1) is 19.6.